The monoisotopic (exact) mass is 184 g/mol. The molecule has 13 heavy (non-hydrogen) atoms. The highest BCUT2D eigenvalue weighted by molar-refractivity contribution is 4.82. The van der Waals surface area contributed by atoms with Crippen LogP contribution in [0.2, 0.25) is 0 Å². The molecule has 0 radical (unpaired) electrons. The van der Waals surface area contributed by atoms with Crippen LogP contribution in [-0.4, -0.2) is 42.6 Å². The molecule has 1 unspecified atom stereocenters. The van der Waals surface area contributed by atoms with E-state index < -0.39 is 0 Å². The van der Waals surface area contributed by atoms with Crippen molar-refractivity contribution in [1.82, 2.24) is 9.80 Å². The van der Waals surface area contributed by atoms with Crippen LogP contribution in [0.1, 0.15) is 34.1 Å². The molecule has 0 aromatic rings. The maximum Gasteiger partial charge on any atom is 0.0625 e. The van der Waals surface area contributed by atoms with E-state index in [0.717, 1.165) is 0 Å². The summed E-state index contributed by atoms with van der Waals surface area (Å²) in [6.07, 6.45) is 1.95. The molecule has 1 heterocycles. The molecule has 1 rings (SSSR count). The summed E-state index contributed by atoms with van der Waals surface area (Å²) in [4.78, 5) is 5.06. The third kappa shape index (κ3) is 2.96. The zero-order valence-electron chi connectivity index (χ0n) is 9.80. The van der Waals surface area contributed by atoms with Crippen molar-refractivity contribution >= 4 is 0 Å². The van der Waals surface area contributed by atoms with Gasteiger partial charge < -0.3 is 0 Å². The largest absolute Gasteiger partial charge is 0.290 e. The third-order valence-corrected chi connectivity index (χ3v) is 2.87. The second-order valence-corrected chi connectivity index (χ2v) is 5.35. The van der Waals surface area contributed by atoms with Crippen LogP contribution in [0.3, 0.4) is 0 Å². The van der Waals surface area contributed by atoms with E-state index in [4.69, 9.17) is 0 Å². The lowest BCUT2D eigenvalue weighted by atomic mass is 9.90. The normalized spacial score (nSPS) is 27.0. The lowest BCUT2D eigenvalue weighted by Gasteiger charge is -2.32. The van der Waals surface area contributed by atoms with Gasteiger partial charge in [-0.1, -0.05) is 27.7 Å². The lowest BCUT2D eigenvalue weighted by molar-refractivity contribution is 0.113. The Balaban J connectivity index is 2.54. The second-order valence-electron chi connectivity index (χ2n) is 5.35. The molecule has 0 spiro atoms. The van der Waals surface area contributed by atoms with Crippen LogP contribution in [0.5, 0.6) is 0 Å². The van der Waals surface area contributed by atoms with E-state index in [0.29, 0.717) is 11.6 Å². The van der Waals surface area contributed by atoms with Gasteiger partial charge in [0.25, 0.3) is 0 Å². The highest BCUT2D eigenvalue weighted by Crippen LogP contribution is 2.27. The summed E-state index contributed by atoms with van der Waals surface area (Å²) in [5.41, 5.74) is 0.441. The van der Waals surface area contributed by atoms with E-state index in [-0.39, 0.29) is 0 Å². The molecule has 0 amide bonds. The first-order valence-electron chi connectivity index (χ1n) is 5.38. The Morgan fingerprint density at radius 1 is 1.23 bits per heavy atom. The van der Waals surface area contributed by atoms with Gasteiger partial charge in [0, 0.05) is 13.1 Å². The summed E-state index contributed by atoms with van der Waals surface area (Å²) in [5.74, 6) is 0. The molecule has 1 saturated heterocycles. The number of likely N-dealkylation sites (N-methyl/N-ethyl adjacent to an activating group) is 2. The Morgan fingerprint density at radius 3 is 2.31 bits per heavy atom. The first-order valence-corrected chi connectivity index (χ1v) is 5.38. The van der Waals surface area contributed by atoms with E-state index in [1.54, 1.807) is 0 Å². The average Bonchev–Trinajstić information content (AvgIpc) is 2.30. The summed E-state index contributed by atoms with van der Waals surface area (Å²) < 4.78 is 0. The van der Waals surface area contributed by atoms with Gasteiger partial charge in [0.05, 0.1) is 6.17 Å². The van der Waals surface area contributed by atoms with Crippen molar-refractivity contribution in [3.8, 4) is 0 Å². The van der Waals surface area contributed by atoms with Crippen LogP contribution in [0, 0.1) is 5.41 Å². The maximum atomic E-state index is 2.57. The van der Waals surface area contributed by atoms with Gasteiger partial charge in [-0.25, -0.2) is 0 Å². The molecule has 2 heteroatoms. The molecule has 0 aliphatic carbocycles. The summed E-state index contributed by atoms with van der Waals surface area (Å²) in [6.45, 7) is 12.9. The van der Waals surface area contributed by atoms with E-state index in [1.807, 2.05) is 0 Å². The molecule has 2 nitrogen and oxygen atoms in total. The minimum Gasteiger partial charge on any atom is -0.290 e. The van der Waals surface area contributed by atoms with Crippen molar-refractivity contribution < 1.29 is 0 Å². The van der Waals surface area contributed by atoms with E-state index in [9.17, 15) is 0 Å². The molecule has 0 saturated carbocycles. The quantitative estimate of drug-likeness (QED) is 0.648. The van der Waals surface area contributed by atoms with Crippen molar-refractivity contribution in [3.05, 3.63) is 0 Å². The molecule has 0 aromatic carbocycles. The topological polar surface area (TPSA) is 6.48 Å². The summed E-state index contributed by atoms with van der Waals surface area (Å²) in [5, 5.41) is 0. The van der Waals surface area contributed by atoms with E-state index in [1.165, 1.54) is 26.1 Å². The van der Waals surface area contributed by atoms with Crippen LogP contribution in [0.4, 0.5) is 0 Å². The average molecular weight is 184 g/mol. The first kappa shape index (κ1) is 11.0. The van der Waals surface area contributed by atoms with Crippen LogP contribution in [0.15, 0.2) is 0 Å². The standard InChI is InChI=1S/C11H24N2/c1-6-13-8-7-12(5)10(13)9-11(2,3)4/h10H,6-9H2,1-5H3. The van der Waals surface area contributed by atoms with Gasteiger partial charge in [0.15, 0.2) is 0 Å². The minimum absolute atomic E-state index is 0.441. The fraction of sp³-hybridized carbons (Fsp3) is 1.00. The number of rotatable bonds is 2. The molecule has 0 bridgehead atoms. The predicted octanol–water partition coefficient (Wildman–Crippen LogP) is 2.02. The molecule has 0 aromatic heterocycles. The fourth-order valence-corrected chi connectivity index (χ4v) is 2.06. The van der Waals surface area contributed by atoms with Gasteiger partial charge in [-0.05, 0) is 25.4 Å². The smallest absolute Gasteiger partial charge is 0.0625 e. The maximum absolute atomic E-state index is 2.57. The lowest BCUT2D eigenvalue weighted by Crippen LogP contribution is -2.39. The Kier molecular flexibility index (Phi) is 3.36. The number of hydrogen-bond acceptors (Lipinski definition) is 2. The van der Waals surface area contributed by atoms with Crippen molar-refractivity contribution in [2.75, 3.05) is 26.7 Å². The van der Waals surface area contributed by atoms with Gasteiger partial charge in [-0.3, -0.25) is 9.80 Å². The zero-order chi connectivity index (χ0) is 10.1. The number of nitrogens with zero attached hydrogens (tertiary/aromatic N) is 2. The molecule has 1 aliphatic rings. The Labute approximate surface area is 82.9 Å². The highest BCUT2D eigenvalue weighted by Gasteiger charge is 2.31. The van der Waals surface area contributed by atoms with Crippen LogP contribution in [0.25, 0.3) is 0 Å². The van der Waals surface area contributed by atoms with Crippen molar-refractivity contribution in [3.63, 3.8) is 0 Å². The molecule has 78 valence electrons. The molecule has 0 N–H and O–H groups in total. The zero-order valence-corrected chi connectivity index (χ0v) is 9.80. The Morgan fingerprint density at radius 2 is 1.85 bits per heavy atom. The van der Waals surface area contributed by atoms with Gasteiger partial charge in [-0.2, -0.15) is 0 Å². The van der Waals surface area contributed by atoms with E-state index >= 15 is 0 Å². The summed E-state index contributed by atoms with van der Waals surface area (Å²) in [6, 6.07) is 0. The van der Waals surface area contributed by atoms with Crippen LogP contribution < -0.4 is 0 Å². The van der Waals surface area contributed by atoms with Gasteiger partial charge in [0.2, 0.25) is 0 Å². The molecule has 1 fully saturated rings. The highest BCUT2D eigenvalue weighted by atomic mass is 15.4. The Hall–Kier alpha value is -0.0800. The van der Waals surface area contributed by atoms with E-state index in [2.05, 4.69) is 44.5 Å². The predicted molar refractivity (Wildman–Crippen MR) is 57.7 cm³/mol. The first-order chi connectivity index (χ1) is 5.94. The van der Waals surface area contributed by atoms with Gasteiger partial charge in [0.1, 0.15) is 0 Å². The molecular formula is C11H24N2. The van der Waals surface area contributed by atoms with Gasteiger partial charge in [-0.15, -0.1) is 0 Å². The molecule has 1 aliphatic heterocycles. The van der Waals surface area contributed by atoms with Crippen LogP contribution in [-0.2, 0) is 0 Å². The van der Waals surface area contributed by atoms with Crippen LogP contribution >= 0.6 is 0 Å². The van der Waals surface area contributed by atoms with Gasteiger partial charge >= 0.3 is 0 Å². The van der Waals surface area contributed by atoms with Crippen molar-refractivity contribution in [2.24, 2.45) is 5.41 Å². The second kappa shape index (κ2) is 3.97. The summed E-state index contributed by atoms with van der Waals surface area (Å²) in [7, 11) is 2.24. The number of hydrogen-bond donors (Lipinski definition) is 0. The SMILES string of the molecule is CCN1CCN(C)C1CC(C)(C)C. The molecule has 1 atom stereocenters. The van der Waals surface area contributed by atoms with Crippen molar-refractivity contribution in [1.29, 1.82) is 0 Å². The minimum atomic E-state index is 0.441. The third-order valence-electron chi connectivity index (χ3n) is 2.87. The molecular weight excluding hydrogens is 160 g/mol. The Bertz CT molecular complexity index is 160. The fourth-order valence-electron chi connectivity index (χ4n) is 2.06. The van der Waals surface area contributed by atoms with Crippen molar-refractivity contribution in [2.45, 2.75) is 40.3 Å². The summed E-state index contributed by atoms with van der Waals surface area (Å²) >= 11 is 0.